The molecule has 0 unspecified atom stereocenters. The van der Waals surface area contributed by atoms with Gasteiger partial charge in [0.25, 0.3) is 0 Å². The molecule has 8 heteroatoms. The predicted molar refractivity (Wildman–Crippen MR) is 116 cm³/mol. The molecule has 3 rings (SSSR count). The van der Waals surface area contributed by atoms with E-state index in [0.717, 1.165) is 11.3 Å². The number of carbonyl (C=O) groups excluding carboxylic acids is 2. The summed E-state index contributed by atoms with van der Waals surface area (Å²) >= 11 is 0. The molecule has 0 bridgehead atoms. The standard InChI is InChI=1S/C23H23FN4O3/c1-2-31-23(30)26-15-14-25-21(29)13-10-18-16-28(20-6-4-3-5-7-20)27-22(18)17-8-11-19(24)12-9-17/h3-13,16H,2,14-15H2,1H3,(H,25,29)(H,26,30)/b13-10+. The van der Waals surface area contributed by atoms with Gasteiger partial charge in [0.15, 0.2) is 0 Å². The summed E-state index contributed by atoms with van der Waals surface area (Å²) in [5.74, 6) is -0.651. The van der Waals surface area contributed by atoms with Crippen LogP contribution in [0, 0.1) is 5.82 Å². The summed E-state index contributed by atoms with van der Waals surface area (Å²) in [6.45, 7) is 2.52. The van der Waals surface area contributed by atoms with E-state index in [-0.39, 0.29) is 31.4 Å². The molecule has 1 aromatic heterocycles. The number of hydrogen-bond acceptors (Lipinski definition) is 4. The summed E-state index contributed by atoms with van der Waals surface area (Å²) in [5, 5.41) is 9.83. The van der Waals surface area contributed by atoms with Gasteiger partial charge in [0.05, 0.1) is 18.0 Å². The van der Waals surface area contributed by atoms with E-state index in [2.05, 4.69) is 15.7 Å². The van der Waals surface area contributed by atoms with Crippen molar-refractivity contribution in [3.8, 4) is 16.9 Å². The molecular formula is C23H23FN4O3. The number of hydrogen-bond donors (Lipinski definition) is 2. The van der Waals surface area contributed by atoms with Crippen LogP contribution >= 0.6 is 0 Å². The van der Waals surface area contributed by atoms with E-state index in [1.165, 1.54) is 18.2 Å². The number of benzene rings is 2. The maximum atomic E-state index is 13.3. The molecule has 0 aliphatic rings. The first-order chi connectivity index (χ1) is 15.1. The zero-order valence-corrected chi connectivity index (χ0v) is 17.0. The smallest absolute Gasteiger partial charge is 0.407 e. The van der Waals surface area contributed by atoms with E-state index in [1.807, 2.05) is 30.3 Å². The molecule has 0 saturated heterocycles. The Bertz CT molecular complexity index is 1050. The molecule has 2 N–H and O–H groups in total. The van der Waals surface area contributed by atoms with E-state index in [4.69, 9.17) is 4.74 Å². The summed E-state index contributed by atoms with van der Waals surface area (Å²) < 4.78 is 19.8. The van der Waals surface area contributed by atoms with E-state index in [1.54, 1.807) is 36.0 Å². The fourth-order valence-electron chi connectivity index (χ4n) is 2.81. The normalized spacial score (nSPS) is 10.8. The van der Waals surface area contributed by atoms with Gasteiger partial charge in [-0.1, -0.05) is 18.2 Å². The fraction of sp³-hybridized carbons (Fsp3) is 0.174. The molecule has 3 aromatic rings. The number of ether oxygens (including phenoxy) is 1. The lowest BCUT2D eigenvalue weighted by atomic mass is 10.1. The monoisotopic (exact) mass is 422 g/mol. The average molecular weight is 422 g/mol. The first kappa shape index (κ1) is 21.8. The first-order valence-electron chi connectivity index (χ1n) is 9.84. The van der Waals surface area contributed by atoms with Gasteiger partial charge < -0.3 is 15.4 Å². The highest BCUT2D eigenvalue weighted by atomic mass is 19.1. The topological polar surface area (TPSA) is 85.3 Å². The van der Waals surface area contributed by atoms with E-state index < -0.39 is 6.09 Å². The van der Waals surface area contributed by atoms with E-state index in [0.29, 0.717) is 11.3 Å². The highest BCUT2D eigenvalue weighted by Gasteiger charge is 2.11. The van der Waals surface area contributed by atoms with Gasteiger partial charge in [-0.15, -0.1) is 0 Å². The summed E-state index contributed by atoms with van der Waals surface area (Å²) in [5.41, 5.74) is 2.92. The molecule has 2 aromatic carbocycles. The molecule has 0 radical (unpaired) electrons. The van der Waals surface area contributed by atoms with Gasteiger partial charge in [0, 0.05) is 36.5 Å². The lowest BCUT2D eigenvalue weighted by Gasteiger charge is -2.05. The van der Waals surface area contributed by atoms with Crippen molar-refractivity contribution in [1.82, 2.24) is 20.4 Å². The molecule has 0 atom stereocenters. The van der Waals surface area contributed by atoms with Crippen LogP contribution in [-0.4, -0.2) is 41.5 Å². The van der Waals surface area contributed by atoms with Crippen LogP contribution in [0.2, 0.25) is 0 Å². The Morgan fingerprint density at radius 3 is 2.48 bits per heavy atom. The number of carbonyl (C=O) groups is 2. The highest BCUT2D eigenvalue weighted by molar-refractivity contribution is 5.92. The van der Waals surface area contributed by atoms with Gasteiger partial charge in [0.1, 0.15) is 5.82 Å². The zero-order valence-electron chi connectivity index (χ0n) is 17.0. The molecule has 0 saturated carbocycles. The maximum Gasteiger partial charge on any atom is 0.407 e. The molecule has 0 aliphatic heterocycles. The van der Waals surface area contributed by atoms with Crippen LogP contribution in [-0.2, 0) is 9.53 Å². The molecule has 31 heavy (non-hydrogen) atoms. The van der Waals surface area contributed by atoms with Crippen molar-refractivity contribution < 1.29 is 18.7 Å². The Morgan fingerprint density at radius 1 is 1.06 bits per heavy atom. The number of alkyl carbamates (subject to hydrolysis) is 1. The Balaban J connectivity index is 1.73. The molecule has 0 aliphatic carbocycles. The van der Waals surface area contributed by atoms with Gasteiger partial charge in [0.2, 0.25) is 5.91 Å². The van der Waals surface area contributed by atoms with Crippen LogP contribution < -0.4 is 10.6 Å². The van der Waals surface area contributed by atoms with Crippen LogP contribution in [0.15, 0.2) is 66.9 Å². The number of para-hydroxylation sites is 1. The minimum atomic E-state index is -0.524. The minimum Gasteiger partial charge on any atom is -0.450 e. The quantitative estimate of drug-likeness (QED) is 0.429. The number of nitrogens with one attached hydrogen (secondary N) is 2. The van der Waals surface area contributed by atoms with Crippen LogP contribution in [0.1, 0.15) is 12.5 Å². The Hall–Kier alpha value is -3.94. The molecule has 160 valence electrons. The zero-order chi connectivity index (χ0) is 22.1. The second-order valence-corrected chi connectivity index (χ2v) is 6.49. The first-order valence-corrected chi connectivity index (χ1v) is 9.84. The number of halogens is 1. The number of rotatable bonds is 8. The summed E-state index contributed by atoms with van der Waals surface area (Å²) in [6, 6.07) is 15.6. The van der Waals surface area contributed by atoms with Crippen molar-refractivity contribution in [2.24, 2.45) is 0 Å². The molecule has 0 fully saturated rings. The third-order valence-corrected chi connectivity index (χ3v) is 4.26. The molecule has 7 nitrogen and oxygen atoms in total. The predicted octanol–water partition coefficient (Wildman–Crippen LogP) is 3.55. The van der Waals surface area contributed by atoms with E-state index in [9.17, 15) is 14.0 Å². The Labute approximate surface area is 179 Å². The van der Waals surface area contributed by atoms with Gasteiger partial charge in [-0.05, 0) is 49.4 Å². The Kier molecular flexibility index (Phi) is 7.53. The van der Waals surface area contributed by atoms with Crippen molar-refractivity contribution in [3.05, 3.63) is 78.3 Å². The molecule has 1 heterocycles. The van der Waals surface area contributed by atoms with Gasteiger partial charge in [-0.25, -0.2) is 13.9 Å². The minimum absolute atomic E-state index is 0.255. The van der Waals surface area contributed by atoms with Crippen molar-refractivity contribution in [2.45, 2.75) is 6.92 Å². The van der Waals surface area contributed by atoms with Crippen LogP contribution in [0.4, 0.5) is 9.18 Å². The second-order valence-electron chi connectivity index (χ2n) is 6.49. The number of amides is 2. The molecule has 2 amide bonds. The van der Waals surface area contributed by atoms with Crippen LogP contribution in [0.5, 0.6) is 0 Å². The van der Waals surface area contributed by atoms with Gasteiger partial charge in [-0.3, -0.25) is 4.79 Å². The summed E-state index contributed by atoms with van der Waals surface area (Å²) in [4.78, 5) is 23.4. The van der Waals surface area contributed by atoms with Gasteiger partial charge in [-0.2, -0.15) is 5.10 Å². The second kappa shape index (κ2) is 10.7. The lowest BCUT2D eigenvalue weighted by molar-refractivity contribution is -0.116. The van der Waals surface area contributed by atoms with Crippen molar-refractivity contribution in [2.75, 3.05) is 19.7 Å². The largest absolute Gasteiger partial charge is 0.450 e. The Morgan fingerprint density at radius 2 is 1.77 bits per heavy atom. The summed E-state index contributed by atoms with van der Waals surface area (Å²) in [6.07, 6.45) is 4.33. The average Bonchev–Trinajstić information content (AvgIpc) is 3.21. The third-order valence-electron chi connectivity index (χ3n) is 4.26. The SMILES string of the molecule is CCOC(=O)NCCNC(=O)/C=C/c1cn(-c2ccccc2)nc1-c1ccc(F)cc1. The molecule has 0 spiro atoms. The van der Waals surface area contributed by atoms with Crippen LogP contribution in [0.25, 0.3) is 23.0 Å². The summed E-state index contributed by atoms with van der Waals surface area (Å²) in [7, 11) is 0. The van der Waals surface area contributed by atoms with Gasteiger partial charge >= 0.3 is 6.09 Å². The highest BCUT2D eigenvalue weighted by Crippen LogP contribution is 2.25. The number of aromatic nitrogens is 2. The lowest BCUT2D eigenvalue weighted by Crippen LogP contribution is -2.34. The third kappa shape index (κ3) is 6.27. The van der Waals surface area contributed by atoms with Crippen molar-refractivity contribution >= 4 is 18.1 Å². The van der Waals surface area contributed by atoms with Crippen molar-refractivity contribution in [1.29, 1.82) is 0 Å². The fourth-order valence-corrected chi connectivity index (χ4v) is 2.81. The van der Waals surface area contributed by atoms with Crippen LogP contribution in [0.3, 0.4) is 0 Å². The maximum absolute atomic E-state index is 13.3. The van der Waals surface area contributed by atoms with E-state index >= 15 is 0 Å². The number of nitrogens with zero attached hydrogens (tertiary/aromatic N) is 2. The van der Waals surface area contributed by atoms with Crippen molar-refractivity contribution in [3.63, 3.8) is 0 Å². The molecular weight excluding hydrogens is 399 g/mol.